The lowest BCUT2D eigenvalue weighted by Gasteiger charge is -2.06. The van der Waals surface area contributed by atoms with Gasteiger partial charge in [-0.15, -0.1) is 11.3 Å². The molecule has 0 radical (unpaired) electrons. The van der Waals surface area contributed by atoms with Crippen molar-refractivity contribution >= 4 is 33.2 Å². The number of hydrogen-bond acceptors (Lipinski definition) is 2. The van der Waals surface area contributed by atoms with E-state index in [0.29, 0.717) is 13.0 Å². The van der Waals surface area contributed by atoms with E-state index in [0.717, 1.165) is 15.8 Å². The van der Waals surface area contributed by atoms with Crippen LogP contribution in [-0.4, -0.2) is 5.91 Å². The van der Waals surface area contributed by atoms with Crippen LogP contribution in [0.15, 0.2) is 34.1 Å². The zero-order valence-corrected chi connectivity index (χ0v) is 13.5. The van der Waals surface area contributed by atoms with E-state index in [-0.39, 0.29) is 5.91 Å². The van der Waals surface area contributed by atoms with Gasteiger partial charge < -0.3 is 5.32 Å². The van der Waals surface area contributed by atoms with Gasteiger partial charge in [0.2, 0.25) is 5.91 Å². The SMILES string of the molecule is O=C(Cc1ccc2c(c1)CCC2)NCc1ccc(Br)s1. The van der Waals surface area contributed by atoms with Gasteiger partial charge in [-0.05, 0) is 64.0 Å². The van der Waals surface area contributed by atoms with E-state index >= 15 is 0 Å². The predicted molar refractivity (Wildman–Crippen MR) is 86.0 cm³/mol. The van der Waals surface area contributed by atoms with E-state index < -0.39 is 0 Å². The number of thiophene rings is 1. The standard InChI is InChI=1S/C16H16BrNOS/c17-15-7-6-14(20-15)10-18-16(19)9-11-4-5-12-2-1-3-13(12)8-11/h4-8H,1-3,9-10H2,(H,18,19). The van der Waals surface area contributed by atoms with E-state index in [1.165, 1.54) is 28.8 Å². The fourth-order valence-electron chi connectivity index (χ4n) is 2.62. The van der Waals surface area contributed by atoms with Gasteiger partial charge in [-0.3, -0.25) is 4.79 Å². The molecule has 0 atom stereocenters. The molecule has 1 amide bonds. The number of benzene rings is 1. The van der Waals surface area contributed by atoms with Gasteiger partial charge >= 0.3 is 0 Å². The van der Waals surface area contributed by atoms with Crippen molar-refractivity contribution in [3.8, 4) is 0 Å². The molecule has 0 aliphatic heterocycles. The molecular weight excluding hydrogens is 334 g/mol. The molecule has 3 rings (SSSR count). The summed E-state index contributed by atoms with van der Waals surface area (Å²) in [5, 5.41) is 2.98. The topological polar surface area (TPSA) is 29.1 Å². The van der Waals surface area contributed by atoms with Gasteiger partial charge in [0, 0.05) is 4.88 Å². The summed E-state index contributed by atoms with van der Waals surface area (Å²) in [6, 6.07) is 10.5. The Morgan fingerprint density at radius 3 is 2.85 bits per heavy atom. The molecule has 0 saturated carbocycles. The van der Waals surface area contributed by atoms with Crippen LogP contribution in [0.5, 0.6) is 0 Å². The molecule has 1 aliphatic rings. The predicted octanol–water partition coefficient (Wildman–Crippen LogP) is 3.86. The number of carbonyl (C=O) groups is 1. The monoisotopic (exact) mass is 349 g/mol. The van der Waals surface area contributed by atoms with E-state index in [9.17, 15) is 4.79 Å². The summed E-state index contributed by atoms with van der Waals surface area (Å²) in [4.78, 5) is 13.1. The van der Waals surface area contributed by atoms with Crippen LogP contribution in [0.2, 0.25) is 0 Å². The lowest BCUT2D eigenvalue weighted by molar-refractivity contribution is -0.120. The number of amides is 1. The van der Waals surface area contributed by atoms with E-state index in [1.807, 2.05) is 12.1 Å². The minimum atomic E-state index is 0.0902. The number of aryl methyl sites for hydroxylation is 2. The van der Waals surface area contributed by atoms with Crippen LogP contribution in [0.4, 0.5) is 0 Å². The van der Waals surface area contributed by atoms with Crippen LogP contribution in [0.1, 0.15) is 28.0 Å². The van der Waals surface area contributed by atoms with Gasteiger partial charge in [0.05, 0.1) is 16.8 Å². The molecule has 4 heteroatoms. The van der Waals surface area contributed by atoms with Crippen molar-refractivity contribution in [1.29, 1.82) is 0 Å². The van der Waals surface area contributed by atoms with Gasteiger partial charge in [0.1, 0.15) is 0 Å². The molecule has 1 heterocycles. The average Bonchev–Trinajstić information content (AvgIpc) is 3.04. The zero-order valence-electron chi connectivity index (χ0n) is 11.1. The summed E-state index contributed by atoms with van der Waals surface area (Å²) < 4.78 is 1.10. The molecule has 0 bridgehead atoms. The van der Waals surface area contributed by atoms with E-state index in [2.05, 4.69) is 39.4 Å². The van der Waals surface area contributed by atoms with Crippen molar-refractivity contribution in [2.75, 3.05) is 0 Å². The Bertz CT molecular complexity index is 635. The van der Waals surface area contributed by atoms with Crippen molar-refractivity contribution in [2.24, 2.45) is 0 Å². The largest absolute Gasteiger partial charge is 0.351 e. The van der Waals surface area contributed by atoms with Gasteiger partial charge in [-0.1, -0.05) is 18.2 Å². The Kier molecular flexibility index (Phi) is 4.22. The quantitative estimate of drug-likeness (QED) is 0.891. The number of fused-ring (bicyclic) bond motifs is 1. The van der Waals surface area contributed by atoms with Crippen LogP contribution in [-0.2, 0) is 30.6 Å². The van der Waals surface area contributed by atoms with E-state index in [1.54, 1.807) is 11.3 Å². The molecule has 1 N–H and O–H groups in total. The van der Waals surface area contributed by atoms with Crippen LogP contribution in [0.25, 0.3) is 0 Å². The van der Waals surface area contributed by atoms with Crippen molar-refractivity contribution in [3.05, 3.63) is 55.7 Å². The first-order valence-corrected chi connectivity index (χ1v) is 8.43. The molecule has 0 unspecified atom stereocenters. The lowest BCUT2D eigenvalue weighted by Crippen LogP contribution is -2.24. The number of nitrogens with one attached hydrogen (secondary N) is 1. The molecule has 2 aromatic rings. The molecule has 2 nitrogen and oxygen atoms in total. The third kappa shape index (κ3) is 3.30. The zero-order chi connectivity index (χ0) is 13.9. The van der Waals surface area contributed by atoms with Crippen LogP contribution in [0, 0.1) is 0 Å². The first-order chi connectivity index (χ1) is 9.70. The van der Waals surface area contributed by atoms with Crippen LogP contribution in [0.3, 0.4) is 0 Å². The molecule has 0 fully saturated rings. The molecule has 0 saturated heterocycles. The van der Waals surface area contributed by atoms with Crippen molar-refractivity contribution in [2.45, 2.75) is 32.2 Å². The molecule has 1 aliphatic carbocycles. The van der Waals surface area contributed by atoms with Crippen molar-refractivity contribution < 1.29 is 4.79 Å². The fraction of sp³-hybridized carbons (Fsp3) is 0.312. The Morgan fingerprint density at radius 2 is 2.05 bits per heavy atom. The van der Waals surface area contributed by atoms with Crippen molar-refractivity contribution in [1.82, 2.24) is 5.32 Å². The minimum Gasteiger partial charge on any atom is -0.351 e. The second-order valence-electron chi connectivity index (χ2n) is 5.12. The normalized spacial score (nSPS) is 13.2. The third-order valence-corrected chi connectivity index (χ3v) is 5.24. The second-order valence-corrected chi connectivity index (χ2v) is 7.66. The molecule has 1 aromatic carbocycles. The number of halogens is 1. The maximum absolute atomic E-state index is 12.0. The van der Waals surface area contributed by atoms with Crippen LogP contribution < -0.4 is 5.32 Å². The van der Waals surface area contributed by atoms with Gasteiger partial charge in [0.25, 0.3) is 0 Å². The number of rotatable bonds is 4. The van der Waals surface area contributed by atoms with Crippen LogP contribution >= 0.6 is 27.3 Å². The Morgan fingerprint density at radius 1 is 1.20 bits per heavy atom. The molecule has 1 aromatic heterocycles. The highest BCUT2D eigenvalue weighted by Crippen LogP contribution is 2.23. The maximum Gasteiger partial charge on any atom is 0.224 e. The highest BCUT2D eigenvalue weighted by atomic mass is 79.9. The highest BCUT2D eigenvalue weighted by molar-refractivity contribution is 9.11. The van der Waals surface area contributed by atoms with Gasteiger partial charge in [-0.25, -0.2) is 0 Å². The smallest absolute Gasteiger partial charge is 0.224 e. The van der Waals surface area contributed by atoms with E-state index in [4.69, 9.17) is 0 Å². The molecule has 0 spiro atoms. The summed E-state index contributed by atoms with van der Waals surface area (Å²) in [6.45, 7) is 0.611. The summed E-state index contributed by atoms with van der Waals surface area (Å²) in [5.41, 5.74) is 4.01. The Balaban J connectivity index is 1.56. The minimum absolute atomic E-state index is 0.0902. The number of hydrogen-bond donors (Lipinski definition) is 1. The summed E-state index contributed by atoms with van der Waals surface area (Å²) in [5.74, 6) is 0.0902. The highest BCUT2D eigenvalue weighted by Gasteiger charge is 2.12. The second kappa shape index (κ2) is 6.10. The third-order valence-electron chi connectivity index (χ3n) is 3.62. The summed E-state index contributed by atoms with van der Waals surface area (Å²) in [6.07, 6.45) is 4.07. The Hall–Kier alpha value is -1.13. The summed E-state index contributed by atoms with van der Waals surface area (Å²) in [7, 11) is 0. The molecular formula is C16H16BrNOS. The van der Waals surface area contributed by atoms with Crippen molar-refractivity contribution in [3.63, 3.8) is 0 Å². The average molecular weight is 350 g/mol. The number of carbonyl (C=O) groups excluding carboxylic acids is 1. The fourth-order valence-corrected chi connectivity index (χ4v) is 4.04. The maximum atomic E-state index is 12.0. The summed E-state index contributed by atoms with van der Waals surface area (Å²) >= 11 is 5.08. The molecule has 20 heavy (non-hydrogen) atoms. The Labute approximate surface area is 131 Å². The lowest BCUT2D eigenvalue weighted by atomic mass is 10.0. The first-order valence-electron chi connectivity index (χ1n) is 6.82. The first kappa shape index (κ1) is 13.8. The molecule has 104 valence electrons. The van der Waals surface area contributed by atoms with Gasteiger partial charge in [0.15, 0.2) is 0 Å². The van der Waals surface area contributed by atoms with Gasteiger partial charge in [-0.2, -0.15) is 0 Å².